The van der Waals surface area contributed by atoms with Crippen molar-refractivity contribution in [2.75, 3.05) is 12.1 Å². The zero-order valence-corrected chi connectivity index (χ0v) is 12.5. The van der Waals surface area contributed by atoms with Crippen molar-refractivity contribution in [3.63, 3.8) is 0 Å². The molecule has 0 saturated heterocycles. The molecule has 118 valence electrons. The maximum Gasteiger partial charge on any atom is 0.314 e. The molecule has 0 aliphatic carbocycles. The molecular formula is C16H15N3O4. The minimum atomic E-state index is -0.760. The molecule has 1 aromatic heterocycles. The van der Waals surface area contributed by atoms with E-state index >= 15 is 0 Å². The number of nitrogens with one attached hydrogen (secondary N) is 2. The lowest BCUT2D eigenvalue weighted by Gasteiger charge is -2.07. The van der Waals surface area contributed by atoms with Gasteiger partial charge in [0.1, 0.15) is 5.82 Å². The topological polar surface area (TPSA) is 89.6 Å². The fourth-order valence-corrected chi connectivity index (χ4v) is 2.09. The number of aromatic nitrogens is 1. The van der Waals surface area contributed by atoms with Crippen LogP contribution in [0.3, 0.4) is 0 Å². The van der Waals surface area contributed by atoms with E-state index in [0.29, 0.717) is 17.3 Å². The fourth-order valence-electron chi connectivity index (χ4n) is 2.09. The Kier molecular flexibility index (Phi) is 4.09. The van der Waals surface area contributed by atoms with Gasteiger partial charge in [-0.1, -0.05) is 6.07 Å². The highest BCUT2D eigenvalue weighted by Crippen LogP contribution is 2.32. The van der Waals surface area contributed by atoms with Crippen LogP contribution in [-0.4, -0.2) is 23.6 Å². The summed E-state index contributed by atoms with van der Waals surface area (Å²) in [5, 5.41) is 5.00. The first-order chi connectivity index (χ1) is 11.1. The fraction of sp³-hybridized carbons (Fsp3) is 0.188. The Labute approximate surface area is 132 Å². The monoisotopic (exact) mass is 313 g/mol. The number of carbonyl (C=O) groups excluding carboxylic acids is 2. The largest absolute Gasteiger partial charge is 0.454 e. The zero-order valence-electron chi connectivity index (χ0n) is 12.5. The van der Waals surface area contributed by atoms with Crippen LogP contribution in [0.25, 0.3) is 0 Å². The lowest BCUT2D eigenvalue weighted by atomic mass is 10.2. The van der Waals surface area contributed by atoms with Crippen LogP contribution in [0.4, 0.5) is 5.82 Å². The predicted molar refractivity (Wildman–Crippen MR) is 82.0 cm³/mol. The van der Waals surface area contributed by atoms with Crippen molar-refractivity contribution in [3.8, 4) is 11.5 Å². The van der Waals surface area contributed by atoms with Gasteiger partial charge in [0.15, 0.2) is 11.5 Å². The molecule has 1 aliphatic heterocycles. The number of benzene rings is 1. The number of carbonyl (C=O) groups is 2. The van der Waals surface area contributed by atoms with Crippen LogP contribution < -0.4 is 20.1 Å². The van der Waals surface area contributed by atoms with Gasteiger partial charge in [0.2, 0.25) is 6.79 Å². The molecule has 0 fully saturated rings. The summed E-state index contributed by atoms with van der Waals surface area (Å²) in [5.74, 6) is 0.150. The number of anilines is 1. The molecule has 2 N–H and O–H groups in total. The van der Waals surface area contributed by atoms with Gasteiger partial charge in [0.25, 0.3) is 0 Å². The Bertz CT molecular complexity index is 761. The van der Waals surface area contributed by atoms with Gasteiger partial charge in [0.05, 0.1) is 0 Å². The number of nitrogens with zero attached hydrogens (tertiary/aromatic N) is 1. The van der Waals surface area contributed by atoms with E-state index in [0.717, 1.165) is 11.1 Å². The molecule has 0 bridgehead atoms. The number of ether oxygens (including phenoxy) is 2. The van der Waals surface area contributed by atoms with Crippen LogP contribution in [0.5, 0.6) is 11.5 Å². The van der Waals surface area contributed by atoms with Gasteiger partial charge in [-0.3, -0.25) is 9.59 Å². The summed E-state index contributed by atoms with van der Waals surface area (Å²) in [6.45, 7) is 2.28. The molecule has 2 amide bonds. The van der Waals surface area contributed by atoms with Crippen molar-refractivity contribution in [2.24, 2.45) is 0 Å². The number of fused-ring (bicyclic) bond motifs is 1. The number of aryl methyl sites for hydroxylation is 1. The van der Waals surface area contributed by atoms with Crippen molar-refractivity contribution >= 4 is 17.6 Å². The van der Waals surface area contributed by atoms with Crippen molar-refractivity contribution in [1.82, 2.24) is 10.3 Å². The molecule has 0 saturated carbocycles. The van der Waals surface area contributed by atoms with E-state index in [1.165, 1.54) is 0 Å². The number of pyridine rings is 1. The molecule has 2 heterocycles. The van der Waals surface area contributed by atoms with E-state index in [-0.39, 0.29) is 13.3 Å². The molecule has 0 atom stereocenters. The Balaban J connectivity index is 1.55. The highest BCUT2D eigenvalue weighted by Gasteiger charge is 2.16. The van der Waals surface area contributed by atoms with Gasteiger partial charge in [-0.25, -0.2) is 4.98 Å². The molecule has 1 aromatic carbocycles. The number of rotatable bonds is 3. The van der Waals surface area contributed by atoms with E-state index in [9.17, 15) is 9.59 Å². The summed E-state index contributed by atoms with van der Waals surface area (Å²) in [7, 11) is 0. The minimum Gasteiger partial charge on any atom is -0.454 e. The van der Waals surface area contributed by atoms with Crippen LogP contribution in [0, 0.1) is 6.92 Å². The standard InChI is InChI=1S/C16H15N3O4/c1-10-4-5-17-14(6-10)19-16(21)15(20)18-8-11-2-3-12-13(7-11)23-9-22-12/h2-7H,8-9H2,1H3,(H,18,20)(H,17,19,21). The first kappa shape index (κ1) is 14.8. The first-order valence-electron chi connectivity index (χ1n) is 7.02. The Hall–Kier alpha value is -3.09. The van der Waals surface area contributed by atoms with E-state index in [1.54, 1.807) is 36.5 Å². The van der Waals surface area contributed by atoms with Crippen molar-refractivity contribution in [1.29, 1.82) is 0 Å². The third kappa shape index (κ3) is 3.57. The summed E-state index contributed by atoms with van der Waals surface area (Å²) in [4.78, 5) is 27.6. The second kappa shape index (κ2) is 6.35. The molecule has 1 aliphatic rings. The van der Waals surface area contributed by atoms with Crippen LogP contribution in [0.15, 0.2) is 36.5 Å². The molecule has 7 heteroatoms. The summed E-state index contributed by atoms with van der Waals surface area (Å²) in [6.07, 6.45) is 1.56. The van der Waals surface area contributed by atoms with Gasteiger partial charge in [0, 0.05) is 12.7 Å². The summed E-state index contributed by atoms with van der Waals surface area (Å²) < 4.78 is 10.5. The van der Waals surface area contributed by atoms with Crippen LogP contribution in [-0.2, 0) is 16.1 Å². The van der Waals surface area contributed by atoms with Gasteiger partial charge < -0.3 is 20.1 Å². The SMILES string of the molecule is Cc1ccnc(NC(=O)C(=O)NCc2ccc3c(c2)OCO3)c1. The van der Waals surface area contributed by atoms with Crippen LogP contribution >= 0.6 is 0 Å². The Morgan fingerprint density at radius 2 is 1.96 bits per heavy atom. The Morgan fingerprint density at radius 1 is 1.13 bits per heavy atom. The predicted octanol–water partition coefficient (Wildman–Crippen LogP) is 1.37. The summed E-state index contributed by atoms with van der Waals surface area (Å²) in [5.41, 5.74) is 1.75. The van der Waals surface area contributed by atoms with Crippen LogP contribution in [0.1, 0.15) is 11.1 Å². The van der Waals surface area contributed by atoms with Gasteiger partial charge >= 0.3 is 11.8 Å². The maximum atomic E-state index is 11.8. The molecule has 23 heavy (non-hydrogen) atoms. The van der Waals surface area contributed by atoms with Crippen molar-refractivity contribution in [2.45, 2.75) is 13.5 Å². The van der Waals surface area contributed by atoms with E-state index in [2.05, 4.69) is 15.6 Å². The van der Waals surface area contributed by atoms with Gasteiger partial charge in [-0.2, -0.15) is 0 Å². The van der Waals surface area contributed by atoms with Gasteiger partial charge in [-0.05, 0) is 42.3 Å². The van der Waals surface area contributed by atoms with Crippen LogP contribution in [0.2, 0.25) is 0 Å². The lowest BCUT2D eigenvalue weighted by molar-refractivity contribution is -0.136. The van der Waals surface area contributed by atoms with E-state index in [1.807, 2.05) is 6.92 Å². The molecule has 2 aromatic rings. The Morgan fingerprint density at radius 3 is 2.78 bits per heavy atom. The second-order valence-corrected chi connectivity index (χ2v) is 5.04. The normalized spacial score (nSPS) is 11.9. The zero-order chi connectivity index (χ0) is 16.2. The lowest BCUT2D eigenvalue weighted by Crippen LogP contribution is -2.35. The summed E-state index contributed by atoms with van der Waals surface area (Å²) in [6, 6.07) is 8.81. The number of amides is 2. The average Bonchev–Trinajstić information content (AvgIpc) is 3.00. The molecule has 7 nitrogen and oxygen atoms in total. The number of hydrogen-bond donors (Lipinski definition) is 2. The quantitative estimate of drug-likeness (QED) is 0.836. The first-order valence-corrected chi connectivity index (χ1v) is 7.02. The van der Waals surface area contributed by atoms with Gasteiger partial charge in [-0.15, -0.1) is 0 Å². The highest BCUT2D eigenvalue weighted by atomic mass is 16.7. The molecule has 0 radical (unpaired) electrons. The second-order valence-electron chi connectivity index (χ2n) is 5.04. The number of hydrogen-bond acceptors (Lipinski definition) is 5. The average molecular weight is 313 g/mol. The molecular weight excluding hydrogens is 298 g/mol. The molecule has 0 spiro atoms. The highest BCUT2D eigenvalue weighted by molar-refractivity contribution is 6.39. The smallest absolute Gasteiger partial charge is 0.314 e. The van der Waals surface area contributed by atoms with Crippen molar-refractivity contribution < 1.29 is 19.1 Å². The maximum absolute atomic E-state index is 11.8. The third-order valence-electron chi connectivity index (χ3n) is 3.25. The van der Waals surface area contributed by atoms with E-state index < -0.39 is 11.8 Å². The third-order valence-corrected chi connectivity index (χ3v) is 3.25. The van der Waals surface area contributed by atoms with Crippen molar-refractivity contribution in [3.05, 3.63) is 47.7 Å². The molecule has 3 rings (SSSR count). The van der Waals surface area contributed by atoms with E-state index in [4.69, 9.17) is 9.47 Å². The molecule has 0 unspecified atom stereocenters. The minimum absolute atomic E-state index is 0.192. The summed E-state index contributed by atoms with van der Waals surface area (Å²) >= 11 is 0.